The predicted octanol–water partition coefficient (Wildman–Crippen LogP) is 2.52. The zero-order valence-corrected chi connectivity index (χ0v) is 8.74. The molecule has 2 rings (SSSR count). The van der Waals surface area contributed by atoms with Gasteiger partial charge < -0.3 is 9.67 Å². The van der Waals surface area contributed by atoms with E-state index in [1.165, 1.54) is 0 Å². The summed E-state index contributed by atoms with van der Waals surface area (Å²) in [4.78, 5) is 4.18. The lowest BCUT2D eigenvalue weighted by Gasteiger charge is -2.01. The third kappa shape index (κ3) is 1.31. The quantitative estimate of drug-likeness (QED) is 0.832. The summed E-state index contributed by atoms with van der Waals surface area (Å²) < 4.78 is 2.90. The number of fused-ring (bicyclic) bond motifs is 1. The van der Waals surface area contributed by atoms with Crippen LogP contribution in [0.4, 0.5) is 0 Å². The Labute approximate surface area is 84.1 Å². The number of halogens is 1. The lowest BCUT2D eigenvalue weighted by molar-refractivity contribution is 0.475. The summed E-state index contributed by atoms with van der Waals surface area (Å²) in [6.07, 6.45) is 1.77. The van der Waals surface area contributed by atoms with Crippen molar-refractivity contribution in [1.29, 1.82) is 0 Å². The number of nitrogens with zero attached hydrogens (tertiary/aromatic N) is 2. The first kappa shape index (κ1) is 8.56. The molecule has 0 amide bonds. The van der Waals surface area contributed by atoms with Crippen molar-refractivity contribution in [3.63, 3.8) is 0 Å². The molecule has 3 nitrogen and oxygen atoms in total. The molecule has 0 aliphatic rings. The molecule has 1 aromatic carbocycles. The Morgan fingerprint density at radius 2 is 2.31 bits per heavy atom. The maximum absolute atomic E-state index is 9.31. The van der Waals surface area contributed by atoms with Crippen LogP contribution in [0.2, 0.25) is 0 Å². The summed E-state index contributed by atoms with van der Waals surface area (Å²) in [6, 6.07) is 3.34. The minimum absolute atomic E-state index is 0.237. The zero-order chi connectivity index (χ0) is 9.42. The number of hydrogen-bond acceptors (Lipinski definition) is 2. The average molecular weight is 241 g/mol. The van der Waals surface area contributed by atoms with Gasteiger partial charge in [0.05, 0.1) is 17.4 Å². The minimum atomic E-state index is 0.237. The van der Waals surface area contributed by atoms with Gasteiger partial charge in [-0.15, -0.1) is 0 Å². The molecule has 13 heavy (non-hydrogen) atoms. The van der Waals surface area contributed by atoms with Gasteiger partial charge >= 0.3 is 0 Å². The van der Waals surface area contributed by atoms with E-state index in [4.69, 9.17) is 0 Å². The number of phenols is 1. The number of benzene rings is 1. The highest BCUT2D eigenvalue weighted by Crippen LogP contribution is 2.27. The van der Waals surface area contributed by atoms with Crippen molar-refractivity contribution in [2.24, 2.45) is 0 Å². The Morgan fingerprint density at radius 1 is 1.54 bits per heavy atom. The maximum Gasteiger partial charge on any atom is 0.119 e. The molecule has 0 aliphatic heterocycles. The number of aromatic nitrogens is 2. The monoisotopic (exact) mass is 240 g/mol. The molecular weight excluding hydrogens is 232 g/mol. The summed E-state index contributed by atoms with van der Waals surface area (Å²) in [5.74, 6) is 0.237. The van der Waals surface area contributed by atoms with Crippen molar-refractivity contribution in [3.05, 3.63) is 22.9 Å². The molecule has 4 heteroatoms. The summed E-state index contributed by atoms with van der Waals surface area (Å²) >= 11 is 3.40. The van der Waals surface area contributed by atoms with Crippen molar-refractivity contribution in [3.8, 4) is 5.75 Å². The molecule has 2 aromatic rings. The molecule has 0 atom stereocenters. The van der Waals surface area contributed by atoms with Crippen LogP contribution >= 0.6 is 15.9 Å². The highest BCUT2D eigenvalue weighted by Gasteiger charge is 2.06. The first-order valence-electron chi connectivity index (χ1n) is 4.05. The molecule has 0 spiro atoms. The van der Waals surface area contributed by atoms with E-state index in [0.717, 1.165) is 22.1 Å². The summed E-state index contributed by atoms with van der Waals surface area (Å²) in [5.41, 5.74) is 1.84. The van der Waals surface area contributed by atoms with Gasteiger partial charge in [-0.1, -0.05) is 0 Å². The molecule has 0 bridgehead atoms. The van der Waals surface area contributed by atoms with E-state index in [-0.39, 0.29) is 5.75 Å². The van der Waals surface area contributed by atoms with Crippen LogP contribution in [0, 0.1) is 0 Å². The topological polar surface area (TPSA) is 38.0 Å². The second-order valence-corrected chi connectivity index (χ2v) is 3.68. The van der Waals surface area contributed by atoms with Crippen LogP contribution in [-0.2, 0) is 6.54 Å². The summed E-state index contributed by atoms with van der Waals surface area (Å²) in [7, 11) is 0. The van der Waals surface area contributed by atoms with Gasteiger partial charge in [0.15, 0.2) is 0 Å². The van der Waals surface area contributed by atoms with Gasteiger partial charge in [-0.05, 0) is 28.9 Å². The van der Waals surface area contributed by atoms with Gasteiger partial charge in [0.25, 0.3) is 0 Å². The third-order valence-corrected chi connectivity index (χ3v) is 2.60. The first-order chi connectivity index (χ1) is 6.22. The van der Waals surface area contributed by atoms with Crippen LogP contribution < -0.4 is 0 Å². The van der Waals surface area contributed by atoms with Crippen molar-refractivity contribution in [1.82, 2.24) is 9.55 Å². The van der Waals surface area contributed by atoms with Crippen LogP contribution in [0.1, 0.15) is 6.92 Å². The maximum atomic E-state index is 9.31. The zero-order valence-electron chi connectivity index (χ0n) is 7.16. The number of hydrogen-bond donors (Lipinski definition) is 1. The van der Waals surface area contributed by atoms with Crippen molar-refractivity contribution in [2.45, 2.75) is 13.5 Å². The minimum Gasteiger partial charge on any atom is -0.508 e. The molecule has 1 aromatic heterocycles. The van der Waals surface area contributed by atoms with Gasteiger partial charge in [0.1, 0.15) is 5.75 Å². The summed E-state index contributed by atoms with van der Waals surface area (Å²) in [5, 5.41) is 9.31. The lowest BCUT2D eigenvalue weighted by Crippen LogP contribution is -1.91. The predicted molar refractivity (Wildman–Crippen MR) is 54.8 cm³/mol. The molecule has 1 N–H and O–H groups in total. The lowest BCUT2D eigenvalue weighted by atomic mass is 10.3. The second-order valence-electron chi connectivity index (χ2n) is 2.83. The van der Waals surface area contributed by atoms with E-state index in [9.17, 15) is 5.11 Å². The van der Waals surface area contributed by atoms with Crippen molar-refractivity contribution in [2.75, 3.05) is 0 Å². The van der Waals surface area contributed by atoms with Gasteiger partial charge in [-0.2, -0.15) is 0 Å². The fourth-order valence-electron chi connectivity index (χ4n) is 1.38. The van der Waals surface area contributed by atoms with E-state index in [0.29, 0.717) is 0 Å². The SMILES string of the molecule is CCn1cnc2cc(O)cc(Br)c21. The number of rotatable bonds is 1. The normalized spacial score (nSPS) is 10.9. The fraction of sp³-hybridized carbons (Fsp3) is 0.222. The van der Waals surface area contributed by atoms with Gasteiger partial charge in [0.2, 0.25) is 0 Å². The Hall–Kier alpha value is -1.03. The van der Waals surface area contributed by atoms with Crippen molar-refractivity contribution < 1.29 is 5.11 Å². The van der Waals surface area contributed by atoms with Crippen LogP contribution in [0.15, 0.2) is 22.9 Å². The standard InChI is InChI=1S/C9H9BrN2O/c1-2-12-5-11-8-4-6(13)3-7(10)9(8)12/h3-5,13H,2H2,1H3. The van der Waals surface area contributed by atoms with Gasteiger partial charge in [-0.25, -0.2) is 4.98 Å². The van der Waals surface area contributed by atoms with E-state index in [1.807, 2.05) is 4.57 Å². The Balaban J connectivity index is 2.82. The molecule has 1 heterocycles. The number of imidazole rings is 1. The number of aromatic hydroxyl groups is 1. The Morgan fingerprint density at radius 3 is 3.00 bits per heavy atom. The smallest absolute Gasteiger partial charge is 0.119 e. The van der Waals surface area contributed by atoms with Crippen LogP contribution in [-0.4, -0.2) is 14.7 Å². The van der Waals surface area contributed by atoms with Crippen LogP contribution in [0.3, 0.4) is 0 Å². The molecule has 68 valence electrons. The molecule has 0 fully saturated rings. The molecule has 0 aliphatic carbocycles. The van der Waals surface area contributed by atoms with E-state index in [2.05, 4.69) is 27.8 Å². The largest absolute Gasteiger partial charge is 0.508 e. The highest BCUT2D eigenvalue weighted by atomic mass is 79.9. The molecule has 0 radical (unpaired) electrons. The summed E-state index contributed by atoms with van der Waals surface area (Å²) in [6.45, 7) is 2.93. The second kappa shape index (κ2) is 3.03. The molecule has 0 saturated carbocycles. The van der Waals surface area contributed by atoms with E-state index < -0.39 is 0 Å². The fourth-order valence-corrected chi connectivity index (χ4v) is 2.05. The average Bonchev–Trinajstić information content (AvgIpc) is 2.47. The number of aryl methyl sites for hydroxylation is 1. The van der Waals surface area contributed by atoms with Gasteiger partial charge in [0, 0.05) is 17.1 Å². The molecule has 0 unspecified atom stereocenters. The van der Waals surface area contributed by atoms with E-state index in [1.54, 1.807) is 18.5 Å². The third-order valence-electron chi connectivity index (χ3n) is 1.99. The van der Waals surface area contributed by atoms with Crippen molar-refractivity contribution >= 4 is 27.0 Å². The Bertz CT molecular complexity index is 450. The molecular formula is C9H9BrN2O. The van der Waals surface area contributed by atoms with Gasteiger partial charge in [-0.3, -0.25) is 0 Å². The molecule has 0 saturated heterocycles. The number of phenolic OH excluding ortho intramolecular Hbond substituents is 1. The Kier molecular flexibility index (Phi) is 2.00. The van der Waals surface area contributed by atoms with Crippen LogP contribution in [0.5, 0.6) is 5.75 Å². The van der Waals surface area contributed by atoms with E-state index >= 15 is 0 Å². The van der Waals surface area contributed by atoms with Crippen LogP contribution in [0.25, 0.3) is 11.0 Å². The highest BCUT2D eigenvalue weighted by molar-refractivity contribution is 9.10. The first-order valence-corrected chi connectivity index (χ1v) is 4.85.